The van der Waals surface area contributed by atoms with Crippen LogP contribution in [0.25, 0.3) is 0 Å². The molecule has 0 unspecified atom stereocenters. The summed E-state index contributed by atoms with van der Waals surface area (Å²) in [7, 11) is 0. The summed E-state index contributed by atoms with van der Waals surface area (Å²) in [5.74, 6) is 0.528. The summed E-state index contributed by atoms with van der Waals surface area (Å²) in [6.45, 7) is 0. The van der Waals surface area contributed by atoms with Crippen LogP contribution < -0.4 is 15.9 Å². The molecule has 10 heteroatoms. The zero-order valence-corrected chi connectivity index (χ0v) is 12.1. The molecule has 2 aromatic rings. The molecule has 0 saturated heterocycles. The summed E-state index contributed by atoms with van der Waals surface area (Å²) in [5, 5.41) is 14.4. The molecular formula is C11H9N5O3S2. The minimum absolute atomic E-state index is 0.00444. The van der Waals surface area contributed by atoms with E-state index in [-0.39, 0.29) is 21.0 Å². The van der Waals surface area contributed by atoms with Gasteiger partial charge in [0.1, 0.15) is 11.9 Å². The van der Waals surface area contributed by atoms with Gasteiger partial charge in [-0.05, 0) is 35.7 Å². The van der Waals surface area contributed by atoms with Crippen molar-refractivity contribution in [1.82, 2.24) is 10.4 Å². The first-order valence-corrected chi connectivity index (χ1v) is 6.75. The largest absolute Gasteiger partial charge is 0.431 e. The van der Waals surface area contributed by atoms with Crippen molar-refractivity contribution in [2.45, 2.75) is 0 Å². The molecule has 0 saturated carbocycles. The molecule has 0 amide bonds. The number of para-hydroxylation sites is 1. The minimum atomic E-state index is -0.551. The van der Waals surface area contributed by atoms with Crippen LogP contribution in [-0.2, 0) is 0 Å². The zero-order chi connectivity index (χ0) is 15.2. The van der Waals surface area contributed by atoms with E-state index in [1.165, 1.54) is 0 Å². The second-order valence-corrected chi connectivity index (χ2v) is 4.95. The Labute approximate surface area is 128 Å². The van der Waals surface area contributed by atoms with E-state index in [0.29, 0.717) is 5.75 Å². The lowest BCUT2D eigenvalue weighted by atomic mass is 10.3. The summed E-state index contributed by atoms with van der Waals surface area (Å²) in [4.78, 5) is 13.8. The number of nitrogens with two attached hydrogens (primary N) is 1. The molecule has 3 N–H and O–H groups in total. The van der Waals surface area contributed by atoms with Crippen LogP contribution >= 0.6 is 23.6 Å². The van der Waals surface area contributed by atoms with Crippen molar-refractivity contribution < 1.29 is 9.66 Å². The average molecular weight is 323 g/mol. The fraction of sp³-hybridized carbons (Fsp3) is 0. The SMILES string of the molecule is NC(=NNC(=S)Oc1ccccc1)c1ncc([N+](=O)[O-])s1. The Kier molecular flexibility index (Phi) is 4.74. The number of ether oxygens (including phenoxy) is 1. The molecule has 108 valence electrons. The van der Waals surface area contributed by atoms with Crippen LogP contribution in [0, 0.1) is 10.1 Å². The van der Waals surface area contributed by atoms with Gasteiger partial charge in [0.15, 0.2) is 10.8 Å². The number of aromatic nitrogens is 1. The molecular weight excluding hydrogens is 314 g/mol. The Morgan fingerprint density at radius 3 is 2.81 bits per heavy atom. The van der Waals surface area contributed by atoms with Gasteiger partial charge >= 0.3 is 5.00 Å². The Bertz CT molecular complexity index is 686. The molecule has 0 radical (unpaired) electrons. The van der Waals surface area contributed by atoms with Gasteiger partial charge in [-0.3, -0.25) is 10.1 Å². The first-order valence-electron chi connectivity index (χ1n) is 5.53. The van der Waals surface area contributed by atoms with E-state index >= 15 is 0 Å². The molecule has 0 atom stereocenters. The van der Waals surface area contributed by atoms with E-state index in [9.17, 15) is 10.1 Å². The monoisotopic (exact) mass is 323 g/mol. The maximum Gasteiger partial charge on any atom is 0.344 e. The standard InChI is InChI=1S/C11H9N5O3S2/c12-9(10-13-6-8(21-10)16(17)18)14-15-11(20)19-7-4-2-1-3-5-7/h1-6H,(H2,12,14)(H,15,20). The minimum Gasteiger partial charge on any atom is -0.431 e. The van der Waals surface area contributed by atoms with Crippen LogP contribution in [0.3, 0.4) is 0 Å². The summed E-state index contributed by atoms with van der Waals surface area (Å²) in [5.41, 5.74) is 8.08. The van der Waals surface area contributed by atoms with E-state index in [1.807, 2.05) is 6.07 Å². The number of amidine groups is 1. The Morgan fingerprint density at radius 2 is 2.19 bits per heavy atom. The number of hydrazone groups is 1. The molecule has 2 rings (SSSR count). The normalized spacial score (nSPS) is 11.0. The summed E-state index contributed by atoms with van der Waals surface area (Å²) >= 11 is 5.74. The smallest absolute Gasteiger partial charge is 0.344 e. The highest BCUT2D eigenvalue weighted by Gasteiger charge is 2.13. The van der Waals surface area contributed by atoms with Gasteiger partial charge in [0.2, 0.25) is 0 Å². The van der Waals surface area contributed by atoms with Crippen molar-refractivity contribution in [2.24, 2.45) is 10.8 Å². The van der Waals surface area contributed by atoms with Crippen molar-refractivity contribution in [3.05, 3.63) is 51.7 Å². The second kappa shape index (κ2) is 6.72. The fourth-order valence-corrected chi connectivity index (χ4v) is 2.02. The summed E-state index contributed by atoms with van der Waals surface area (Å²) < 4.78 is 5.28. The number of hydrogen-bond acceptors (Lipinski definition) is 7. The third-order valence-corrected chi connectivity index (χ3v) is 3.26. The Balaban J connectivity index is 1.96. The Hall–Kier alpha value is -2.59. The van der Waals surface area contributed by atoms with E-state index in [4.69, 9.17) is 22.7 Å². The fourth-order valence-electron chi connectivity index (χ4n) is 1.24. The summed E-state index contributed by atoms with van der Waals surface area (Å²) in [6.07, 6.45) is 1.11. The highest BCUT2D eigenvalue weighted by atomic mass is 32.1. The highest BCUT2D eigenvalue weighted by molar-refractivity contribution is 7.80. The van der Waals surface area contributed by atoms with Crippen molar-refractivity contribution in [1.29, 1.82) is 0 Å². The predicted molar refractivity (Wildman–Crippen MR) is 82.3 cm³/mol. The molecule has 8 nitrogen and oxygen atoms in total. The quantitative estimate of drug-likeness (QED) is 0.289. The molecule has 1 aromatic heterocycles. The Morgan fingerprint density at radius 1 is 1.48 bits per heavy atom. The third-order valence-electron chi connectivity index (χ3n) is 2.11. The van der Waals surface area contributed by atoms with Crippen molar-refractivity contribution in [3.63, 3.8) is 0 Å². The van der Waals surface area contributed by atoms with E-state index in [1.54, 1.807) is 24.3 Å². The van der Waals surface area contributed by atoms with Crippen LogP contribution in [0.15, 0.2) is 41.6 Å². The lowest BCUT2D eigenvalue weighted by molar-refractivity contribution is -0.380. The van der Waals surface area contributed by atoms with Gasteiger partial charge in [0.25, 0.3) is 5.17 Å². The maximum absolute atomic E-state index is 10.5. The number of nitrogens with one attached hydrogen (secondary N) is 1. The van der Waals surface area contributed by atoms with Gasteiger partial charge < -0.3 is 10.5 Å². The topological polar surface area (TPSA) is 116 Å². The first-order chi connectivity index (χ1) is 10.1. The molecule has 0 aliphatic carbocycles. The molecule has 21 heavy (non-hydrogen) atoms. The van der Waals surface area contributed by atoms with Crippen LogP contribution in [0.1, 0.15) is 5.01 Å². The number of thiocarbonyl (C=S) groups is 1. The molecule has 0 spiro atoms. The van der Waals surface area contributed by atoms with Crippen molar-refractivity contribution in [3.8, 4) is 5.75 Å². The van der Waals surface area contributed by atoms with Gasteiger partial charge in [0, 0.05) is 0 Å². The maximum atomic E-state index is 10.5. The van der Waals surface area contributed by atoms with E-state index < -0.39 is 4.92 Å². The lowest BCUT2D eigenvalue weighted by Gasteiger charge is -2.05. The highest BCUT2D eigenvalue weighted by Crippen LogP contribution is 2.20. The zero-order valence-electron chi connectivity index (χ0n) is 10.4. The predicted octanol–water partition coefficient (Wildman–Crippen LogP) is 1.63. The first kappa shape index (κ1) is 14.8. The molecule has 0 bridgehead atoms. The van der Waals surface area contributed by atoms with Crippen LogP contribution in [0.5, 0.6) is 5.75 Å². The molecule has 1 heterocycles. The van der Waals surface area contributed by atoms with Crippen molar-refractivity contribution in [2.75, 3.05) is 0 Å². The van der Waals surface area contributed by atoms with Crippen LogP contribution in [0.2, 0.25) is 0 Å². The van der Waals surface area contributed by atoms with Gasteiger partial charge in [0.05, 0.1) is 4.92 Å². The molecule has 0 aliphatic heterocycles. The number of thiazole rings is 1. The van der Waals surface area contributed by atoms with Gasteiger partial charge in [-0.15, -0.1) is 0 Å². The van der Waals surface area contributed by atoms with Gasteiger partial charge in [-0.2, -0.15) is 5.10 Å². The average Bonchev–Trinajstić information content (AvgIpc) is 2.96. The number of hydrogen-bond donors (Lipinski definition) is 2. The lowest BCUT2D eigenvalue weighted by Crippen LogP contribution is -2.26. The molecule has 1 aromatic carbocycles. The van der Waals surface area contributed by atoms with Gasteiger partial charge in [-0.25, -0.2) is 10.4 Å². The van der Waals surface area contributed by atoms with Gasteiger partial charge in [-0.1, -0.05) is 18.2 Å². The second-order valence-electron chi connectivity index (χ2n) is 3.57. The summed E-state index contributed by atoms with van der Waals surface area (Å²) in [6, 6.07) is 8.89. The number of nitrogens with zero attached hydrogens (tertiary/aromatic N) is 3. The van der Waals surface area contributed by atoms with Crippen LogP contribution in [0.4, 0.5) is 5.00 Å². The van der Waals surface area contributed by atoms with Crippen LogP contribution in [-0.4, -0.2) is 20.9 Å². The number of rotatable bonds is 4. The molecule has 0 aliphatic rings. The molecule has 0 fully saturated rings. The number of nitro groups is 1. The van der Waals surface area contributed by atoms with E-state index in [0.717, 1.165) is 17.5 Å². The third kappa shape index (κ3) is 4.19. The van der Waals surface area contributed by atoms with E-state index in [2.05, 4.69) is 15.5 Å². The number of benzene rings is 1. The van der Waals surface area contributed by atoms with Crippen molar-refractivity contribution >= 4 is 39.6 Å².